The summed E-state index contributed by atoms with van der Waals surface area (Å²) in [4.78, 5) is 5.26. The van der Waals surface area contributed by atoms with E-state index in [2.05, 4.69) is 25.8 Å². The molecule has 0 aliphatic carbocycles. The lowest BCUT2D eigenvalue weighted by Gasteiger charge is -2.16. The number of halogens is 1. The number of anilines is 2. The summed E-state index contributed by atoms with van der Waals surface area (Å²) >= 11 is 7.44. The molecule has 0 unspecified atom stereocenters. The molecule has 0 spiro atoms. The molecule has 0 radical (unpaired) electrons. The normalized spacial score (nSPS) is 10.7. The second kappa shape index (κ2) is 12.9. The minimum Gasteiger partial charge on any atom is -0.369 e. The van der Waals surface area contributed by atoms with Crippen molar-refractivity contribution in [3.63, 3.8) is 0 Å². The molecule has 0 saturated heterocycles. The highest BCUT2D eigenvalue weighted by molar-refractivity contribution is 7.99. The molecule has 10 heteroatoms. The topological polar surface area (TPSA) is 136 Å². The molecule has 0 aliphatic rings. The highest BCUT2D eigenvalue weighted by atomic mass is 35.5. The van der Waals surface area contributed by atoms with Crippen LogP contribution >= 0.6 is 23.4 Å². The Labute approximate surface area is 229 Å². The minimum absolute atomic E-state index is 0.0170. The lowest BCUT2D eigenvalue weighted by molar-refractivity contribution is 1.03. The summed E-state index contributed by atoms with van der Waals surface area (Å²) in [6.45, 7) is 0. The number of nitrogens with one attached hydrogen (secondary N) is 2. The number of hydrogen-bond acceptors (Lipinski definition) is 7. The summed E-state index contributed by atoms with van der Waals surface area (Å²) in [7, 11) is 0. The number of para-hydroxylation sites is 2. The van der Waals surface area contributed by atoms with Crippen LogP contribution in [-0.4, -0.2) is 21.9 Å². The van der Waals surface area contributed by atoms with Crippen molar-refractivity contribution in [2.75, 3.05) is 16.4 Å². The van der Waals surface area contributed by atoms with Gasteiger partial charge in [0.05, 0.1) is 22.8 Å². The predicted molar refractivity (Wildman–Crippen MR) is 153 cm³/mol. The summed E-state index contributed by atoms with van der Waals surface area (Å²) < 4.78 is 0. The number of nitriles is 2. The third kappa shape index (κ3) is 7.11. The first kappa shape index (κ1) is 26.2. The third-order valence-electron chi connectivity index (χ3n) is 5.15. The van der Waals surface area contributed by atoms with Gasteiger partial charge in [0.25, 0.3) is 0 Å². The van der Waals surface area contributed by atoms with Crippen molar-refractivity contribution in [2.45, 2.75) is 4.90 Å². The maximum Gasteiger partial charge on any atom is 0.199 e. The van der Waals surface area contributed by atoms with E-state index in [1.807, 2.05) is 78.9 Å². The van der Waals surface area contributed by atoms with Gasteiger partial charge in [0.15, 0.2) is 11.8 Å². The van der Waals surface area contributed by atoms with Crippen molar-refractivity contribution in [1.29, 1.82) is 10.5 Å². The van der Waals surface area contributed by atoms with Gasteiger partial charge in [-0.15, -0.1) is 22.0 Å². The first-order valence-electron chi connectivity index (χ1n) is 11.3. The number of aromatic nitrogens is 2. The van der Waals surface area contributed by atoms with Crippen molar-refractivity contribution in [3.05, 3.63) is 107 Å². The van der Waals surface area contributed by atoms with Crippen molar-refractivity contribution < 1.29 is 0 Å². The Hall–Kier alpha value is -4.83. The van der Waals surface area contributed by atoms with E-state index >= 15 is 0 Å². The summed E-state index contributed by atoms with van der Waals surface area (Å²) in [5.74, 6) is 0.804. The summed E-state index contributed by atoms with van der Waals surface area (Å²) in [5, 5.41) is 34.3. The zero-order chi connectivity index (χ0) is 26.7. The van der Waals surface area contributed by atoms with Crippen LogP contribution in [0.15, 0.2) is 112 Å². The number of benzene rings is 3. The molecular formula is C28H21ClN8S. The van der Waals surface area contributed by atoms with E-state index in [9.17, 15) is 10.5 Å². The molecule has 0 atom stereocenters. The summed E-state index contributed by atoms with van der Waals surface area (Å²) in [6.07, 6.45) is 0. The molecule has 4 rings (SSSR count). The molecule has 0 amide bonds. The van der Waals surface area contributed by atoms with Gasteiger partial charge < -0.3 is 16.4 Å². The monoisotopic (exact) mass is 536 g/mol. The molecule has 0 saturated carbocycles. The average Bonchev–Trinajstić information content (AvgIpc) is 2.95. The van der Waals surface area contributed by atoms with Gasteiger partial charge in [-0.25, -0.2) is 0 Å². The van der Waals surface area contributed by atoms with Gasteiger partial charge in [-0.2, -0.15) is 15.5 Å². The Morgan fingerprint density at radius 1 is 0.842 bits per heavy atom. The van der Waals surface area contributed by atoms with Crippen molar-refractivity contribution in [2.24, 2.45) is 10.7 Å². The number of allylic oxidation sites excluding steroid dienone is 1. The number of rotatable bonds is 8. The molecule has 0 aliphatic heterocycles. The first-order chi connectivity index (χ1) is 18.6. The average molecular weight is 537 g/mol. The highest BCUT2D eigenvalue weighted by Crippen LogP contribution is 2.28. The predicted octanol–water partition coefficient (Wildman–Crippen LogP) is 6.36. The van der Waals surface area contributed by atoms with Gasteiger partial charge in [0, 0.05) is 21.2 Å². The fourth-order valence-electron chi connectivity index (χ4n) is 3.32. The number of thioether (sulfide) groups is 1. The molecule has 4 aromatic rings. The van der Waals surface area contributed by atoms with Crippen LogP contribution < -0.4 is 16.4 Å². The SMILES string of the molecule is N#CC(C#N)=C(CSc1ccc(Cl)cc1)Nc1ccccc1NC(N)=Nc1ccc(-c2ccccc2)nn1. The van der Waals surface area contributed by atoms with E-state index in [-0.39, 0.29) is 11.5 Å². The number of guanidine groups is 1. The number of aliphatic imine (C=N–C) groups is 1. The van der Waals surface area contributed by atoms with E-state index in [4.69, 9.17) is 17.3 Å². The molecule has 3 aromatic carbocycles. The van der Waals surface area contributed by atoms with Crippen LogP contribution in [0.5, 0.6) is 0 Å². The standard InChI is InChI=1S/C28H21ClN8S/c29-21-10-12-22(13-11-21)38-18-26(20(16-30)17-31)33-24-8-4-5-9-25(24)34-28(32)35-27-15-14-23(36-37-27)19-6-2-1-3-7-19/h1-15,33H,18H2,(H3,32,34,35,37). The van der Waals surface area contributed by atoms with Crippen molar-refractivity contribution >= 4 is 46.5 Å². The smallest absolute Gasteiger partial charge is 0.199 e. The highest BCUT2D eigenvalue weighted by Gasteiger charge is 2.11. The molecule has 0 fully saturated rings. The Kier molecular flexibility index (Phi) is 8.93. The maximum absolute atomic E-state index is 9.51. The van der Waals surface area contributed by atoms with E-state index < -0.39 is 0 Å². The maximum atomic E-state index is 9.51. The third-order valence-corrected chi connectivity index (χ3v) is 6.44. The van der Waals surface area contributed by atoms with Crippen LogP contribution in [0.4, 0.5) is 17.2 Å². The van der Waals surface area contributed by atoms with Gasteiger partial charge in [-0.3, -0.25) is 0 Å². The Balaban J connectivity index is 1.50. The van der Waals surface area contributed by atoms with Crippen LogP contribution in [-0.2, 0) is 0 Å². The summed E-state index contributed by atoms with van der Waals surface area (Å²) in [5.41, 5.74) is 9.50. The van der Waals surface area contributed by atoms with Crippen LogP contribution in [0.3, 0.4) is 0 Å². The van der Waals surface area contributed by atoms with Crippen molar-refractivity contribution in [1.82, 2.24) is 10.2 Å². The van der Waals surface area contributed by atoms with E-state index in [1.54, 1.807) is 24.3 Å². The van der Waals surface area contributed by atoms with E-state index in [0.717, 1.165) is 16.2 Å². The lowest BCUT2D eigenvalue weighted by Crippen LogP contribution is -2.23. The zero-order valence-corrected chi connectivity index (χ0v) is 21.5. The van der Waals surface area contributed by atoms with Gasteiger partial charge in [-0.1, -0.05) is 54.1 Å². The Morgan fingerprint density at radius 2 is 1.50 bits per heavy atom. The van der Waals surface area contributed by atoms with Crippen LogP contribution in [0.25, 0.3) is 11.3 Å². The van der Waals surface area contributed by atoms with Gasteiger partial charge in [0.2, 0.25) is 0 Å². The fourth-order valence-corrected chi connectivity index (χ4v) is 4.30. The van der Waals surface area contributed by atoms with Crippen molar-refractivity contribution in [3.8, 4) is 23.4 Å². The molecule has 186 valence electrons. The Bertz CT molecular complexity index is 1520. The number of hydrogen-bond donors (Lipinski definition) is 3. The quantitative estimate of drug-likeness (QED) is 0.102. The minimum atomic E-state index is -0.0170. The summed E-state index contributed by atoms with van der Waals surface area (Å²) in [6, 6.07) is 31.8. The molecule has 1 aromatic heterocycles. The van der Waals surface area contributed by atoms with Gasteiger partial charge in [0.1, 0.15) is 17.7 Å². The van der Waals surface area contributed by atoms with Gasteiger partial charge in [-0.05, 0) is 48.5 Å². The molecule has 8 nitrogen and oxygen atoms in total. The fraction of sp³-hybridized carbons (Fsp3) is 0.0357. The molecule has 38 heavy (non-hydrogen) atoms. The molecular weight excluding hydrogens is 516 g/mol. The van der Waals surface area contributed by atoms with Crippen LogP contribution in [0.1, 0.15) is 0 Å². The number of nitrogens with two attached hydrogens (primary N) is 1. The molecule has 1 heterocycles. The van der Waals surface area contributed by atoms with Gasteiger partial charge >= 0.3 is 0 Å². The first-order valence-corrected chi connectivity index (χ1v) is 12.7. The second-order valence-electron chi connectivity index (χ2n) is 7.76. The lowest BCUT2D eigenvalue weighted by atomic mass is 10.1. The second-order valence-corrected chi connectivity index (χ2v) is 9.24. The largest absolute Gasteiger partial charge is 0.369 e. The van der Waals surface area contributed by atoms with Crippen LogP contribution in [0, 0.1) is 22.7 Å². The Morgan fingerprint density at radius 3 is 2.13 bits per heavy atom. The number of nitrogens with zero attached hydrogens (tertiary/aromatic N) is 5. The molecule has 4 N–H and O–H groups in total. The van der Waals surface area contributed by atoms with Crippen LogP contribution in [0.2, 0.25) is 5.02 Å². The van der Waals surface area contributed by atoms with E-state index in [0.29, 0.717) is 33.7 Å². The zero-order valence-electron chi connectivity index (χ0n) is 20.0. The molecule has 0 bridgehead atoms. The van der Waals surface area contributed by atoms with E-state index in [1.165, 1.54) is 11.8 Å².